The molecule has 0 aromatic carbocycles. The van der Waals surface area contributed by atoms with E-state index in [-0.39, 0.29) is 0 Å². The Hall–Kier alpha value is -1.24. The van der Waals surface area contributed by atoms with Gasteiger partial charge in [-0.25, -0.2) is 0 Å². The molecule has 0 amide bonds. The van der Waals surface area contributed by atoms with E-state index in [4.69, 9.17) is 10.8 Å². The summed E-state index contributed by atoms with van der Waals surface area (Å²) in [6, 6.07) is 2.33. The number of nitrogens with one attached hydrogen (secondary N) is 1. The molecular formula is C10H19N5. The molecule has 5 heteroatoms. The van der Waals surface area contributed by atoms with Crippen LogP contribution in [-0.4, -0.2) is 18.6 Å². The lowest BCUT2D eigenvalue weighted by Gasteiger charge is -2.26. The van der Waals surface area contributed by atoms with Crippen LogP contribution in [0.4, 0.5) is 0 Å². The third kappa shape index (κ3) is 5.26. The van der Waals surface area contributed by atoms with E-state index in [1.54, 1.807) is 0 Å². The molecule has 0 fully saturated rings. The minimum atomic E-state index is -0.443. The fourth-order valence-corrected chi connectivity index (χ4v) is 1.43. The van der Waals surface area contributed by atoms with Crippen molar-refractivity contribution in [3.63, 3.8) is 0 Å². The minimum Gasteiger partial charge on any atom is -0.299 e. The highest BCUT2D eigenvalue weighted by atomic mass is 15.1. The molecule has 0 spiro atoms. The molecule has 0 aliphatic rings. The number of hydrogen-bond acceptors (Lipinski definition) is 3. The van der Waals surface area contributed by atoms with Crippen molar-refractivity contribution in [2.45, 2.75) is 45.1 Å². The maximum absolute atomic E-state index is 9.14. The first kappa shape index (κ1) is 13.8. The van der Waals surface area contributed by atoms with Crippen LogP contribution in [0.3, 0.4) is 0 Å². The van der Waals surface area contributed by atoms with Crippen LogP contribution >= 0.6 is 0 Å². The van der Waals surface area contributed by atoms with E-state index in [9.17, 15) is 0 Å². The second kappa shape index (κ2) is 8.10. The highest BCUT2D eigenvalue weighted by molar-refractivity contribution is 5.06. The molecule has 0 bridgehead atoms. The fourth-order valence-electron chi connectivity index (χ4n) is 1.43. The van der Waals surface area contributed by atoms with E-state index in [2.05, 4.69) is 28.3 Å². The molecular weight excluding hydrogens is 190 g/mol. The second-order valence-corrected chi connectivity index (χ2v) is 3.53. The molecule has 0 aromatic heterocycles. The van der Waals surface area contributed by atoms with Crippen molar-refractivity contribution in [3.05, 3.63) is 10.4 Å². The lowest BCUT2D eigenvalue weighted by atomic mass is 9.91. The van der Waals surface area contributed by atoms with Gasteiger partial charge in [-0.15, -0.1) is 0 Å². The van der Waals surface area contributed by atoms with E-state index in [1.807, 2.05) is 6.92 Å². The van der Waals surface area contributed by atoms with Crippen molar-refractivity contribution >= 4 is 0 Å². The summed E-state index contributed by atoms with van der Waals surface area (Å²) in [6.45, 7) is 5.07. The van der Waals surface area contributed by atoms with Gasteiger partial charge in [-0.2, -0.15) is 5.26 Å². The maximum atomic E-state index is 9.14. The zero-order chi connectivity index (χ0) is 11.6. The number of nitriles is 1. The molecule has 0 rings (SSSR count). The molecule has 0 aliphatic carbocycles. The van der Waals surface area contributed by atoms with E-state index < -0.39 is 5.54 Å². The third-order valence-corrected chi connectivity index (χ3v) is 2.51. The number of azide groups is 1. The zero-order valence-electron chi connectivity index (χ0n) is 9.53. The maximum Gasteiger partial charge on any atom is 0.106 e. The van der Waals surface area contributed by atoms with Gasteiger partial charge in [-0.05, 0) is 18.4 Å². The summed E-state index contributed by atoms with van der Waals surface area (Å²) in [6.07, 6.45) is 3.75. The van der Waals surface area contributed by atoms with Gasteiger partial charge in [0.25, 0.3) is 0 Å². The van der Waals surface area contributed by atoms with Crippen LogP contribution in [0.5, 0.6) is 0 Å². The number of nitrogens with zero attached hydrogens (tertiary/aromatic N) is 4. The van der Waals surface area contributed by atoms with E-state index in [1.165, 1.54) is 0 Å². The Morgan fingerprint density at radius 3 is 2.73 bits per heavy atom. The minimum absolute atomic E-state index is 0.395. The van der Waals surface area contributed by atoms with Gasteiger partial charge in [-0.3, -0.25) is 5.32 Å². The summed E-state index contributed by atoms with van der Waals surface area (Å²) in [7, 11) is 0. The molecule has 0 radical (unpaired) electrons. The molecule has 0 saturated carbocycles. The lowest BCUT2D eigenvalue weighted by Crippen LogP contribution is -2.44. The van der Waals surface area contributed by atoms with Crippen LogP contribution in [-0.2, 0) is 0 Å². The highest BCUT2D eigenvalue weighted by Crippen LogP contribution is 2.17. The predicted molar refractivity (Wildman–Crippen MR) is 60.2 cm³/mol. The molecule has 0 saturated heterocycles. The Morgan fingerprint density at radius 2 is 2.27 bits per heavy atom. The molecule has 1 unspecified atom stereocenters. The van der Waals surface area contributed by atoms with Crippen molar-refractivity contribution in [2.24, 2.45) is 5.11 Å². The molecule has 1 atom stereocenters. The molecule has 1 N–H and O–H groups in total. The summed E-state index contributed by atoms with van der Waals surface area (Å²) in [5, 5.41) is 15.8. The SMILES string of the molecule is CCCCC(C#N)(CC)NCCN=[N+]=[N-]. The summed E-state index contributed by atoms with van der Waals surface area (Å²) < 4.78 is 0. The van der Waals surface area contributed by atoms with Gasteiger partial charge in [0.15, 0.2) is 0 Å². The molecule has 5 nitrogen and oxygen atoms in total. The van der Waals surface area contributed by atoms with Gasteiger partial charge in [0.2, 0.25) is 0 Å². The van der Waals surface area contributed by atoms with Gasteiger partial charge >= 0.3 is 0 Å². The van der Waals surface area contributed by atoms with Crippen molar-refractivity contribution < 1.29 is 0 Å². The third-order valence-electron chi connectivity index (χ3n) is 2.51. The van der Waals surface area contributed by atoms with Crippen molar-refractivity contribution in [2.75, 3.05) is 13.1 Å². The average molecular weight is 209 g/mol. The fraction of sp³-hybridized carbons (Fsp3) is 0.900. The van der Waals surface area contributed by atoms with Crippen molar-refractivity contribution in [1.82, 2.24) is 5.32 Å². The van der Waals surface area contributed by atoms with Gasteiger partial charge in [0.05, 0.1) is 6.07 Å². The molecule has 15 heavy (non-hydrogen) atoms. The Labute approximate surface area is 91.1 Å². The van der Waals surface area contributed by atoms with Crippen LogP contribution in [0.2, 0.25) is 0 Å². The van der Waals surface area contributed by atoms with Crippen LogP contribution in [0.1, 0.15) is 39.5 Å². The van der Waals surface area contributed by atoms with E-state index in [0.29, 0.717) is 13.1 Å². The van der Waals surface area contributed by atoms with Crippen molar-refractivity contribution in [1.29, 1.82) is 5.26 Å². The van der Waals surface area contributed by atoms with Gasteiger partial charge in [0, 0.05) is 18.0 Å². The standard InChI is InChI=1S/C10H19N5/c1-3-5-6-10(4-2,9-11)13-7-8-14-15-12/h13H,3-8H2,1-2H3. The Morgan fingerprint density at radius 1 is 1.53 bits per heavy atom. The van der Waals surface area contributed by atoms with Crippen LogP contribution in [0.25, 0.3) is 10.4 Å². The topological polar surface area (TPSA) is 84.6 Å². The first-order valence-corrected chi connectivity index (χ1v) is 5.41. The first-order valence-electron chi connectivity index (χ1n) is 5.41. The zero-order valence-corrected chi connectivity index (χ0v) is 9.53. The summed E-state index contributed by atoms with van der Waals surface area (Å²) in [4.78, 5) is 2.67. The van der Waals surface area contributed by atoms with Crippen LogP contribution in [0.15, 0.2) is 5.11 Å². The van der Waals surface area contributed by atoms with E-state index >= 15 is 0 Å². The van der Waals surface area contributed by atoms with Gasteiger partial charge in [-0.1, -0.05) is 31.8 Å². The first-order chi connectivity index (χ1) is 7.24. The largest absolute Gasteiger partial charge is 0.299 e. The highest BCUT2D eigenvalue weighted by Gasteiger charge is 2.25. The summed E-state index contributed by atoms with van der Waals surface area (Å²) in [5.41, 5.74) is 7.67. The van der Waals surface area contributed by atoms with Crippen LogP contribution in [0, 0.1) is 11.3 Å². The number of hydrogen-bond donors (Lipinski definition) is 1. The number of rotatable bonds is 8. The van der Waals surface area contributed by atoms with Gasteiger partial charge < -0.3 is 0 Å². The Kier molecular flexibility index (Phi) is 7.43. The Balaban J connectivity index is 4.12. The summed E-state index contributed by atoms with van der Waals surface area (Å²) in [5.74, 6) is 0. The molecule has 0 aliphatic heterocycles. The average Bonchev–Trinajstić information content (AvgIpc) is 2.29. The quantitative estimate of drug-likeness (QED) is 0.288. The second-order valence-electron chi connectivity index (χ2n) is 3.53. The molecule has 84 valence electrons. The van der Waals surface area contributed by atoms with Crippen LogP contribution < -0.4 is 5.32 Å². The summed E-state index contributed by atoms with van der Waals surface area (Å²) >= 11 is 0. The smallest absolute Gasteiger partial charge is 0.106 e. The number of unbranched alkanes of at least 4 members (excludes halogenated alkanes) is 1. The van der Waals surface area contributed by atoms with Gasteiger partial charge in [0.1, 0.15) is 5.54 Å². The predicted octanol–water partition coefficient (Wildman–Crippen LogP) is 2.75. The normalized spacial score (nSPS) is 13.7. The monoisotopic (exact) mass is 209 g/mol. The molecule has 0 heterocycles. The Bertz CT molecular complexity index is 251. The van der Waals surface area contributed by atoms with E-state index in [0.717, 1.165) is 25.7 Å². The van der Waals surface area contributed by atoms with Crippen molar-refractivity contribution in [3.8, 4) is 6.07 Å². The lowest BCUT2D eigenvalue weighted by molar-refractivity contribution is 0.367. The molecule has 0 aromatic rings.